The number of Topliss-reactive ketones (excluding diaryl/α,β-unsaturated/α-hetero) is 1. The second-order valence-corrected chi connectivity index (χ2v) is 5.15. The molecule has 0 saturated heterocycles. The molecule has 0 aliphatic carbocycles. The minimum absolute atomic E-state index is 0.0482. The number of ketones is 1. The minimum atomic E-state index is 0.0482. The summed E-state index contributed by atoms with van der Waals surface area (Å²) in [6.07, 6.45) is 4.40. The van der Waals surface area contributed by atoms with Crippen LogP contribution in [0, 0.1) is 0 Å². The normalized spacial score (nSPS) is 11.1. The number of hydrogen-bond acceptors (Lipinski definition) is 2. The molecule has 2 nitrogen and oxygen atoms in total. The van der Waals surface area contributed by atoms with E-state index in [9.17, 15) is 4.79 Å². The summed E-state index contributed by atoms with van der Waals surface area (Å²) in [5.41, 5.74) is 1.81. The molecule has 0 amide bonds. The molecule has 0 aromatic heterocycles. The van der Waals surface area contributed by atoms with Crippen molar-refractivity contribution in [2.24, 2.45) is 0 Å². The molecule has 1 aromatic carbocycles. The Morgan fingerprint density at radius 3 is 2.32 bits per heavy atom. The van der Waals surface area contributed by atoms with E-state index in [1.807, 2.05) is 13.0 Å². The van der Waals surface area contributed by atoms with Crippen molar-refractivity contribution >= 4 is 29.0 Å². The molecule has 0 aliphatic heterocycles. The smallest absolute Gasteiger partial charge is 0.159 e. The van der Waals surface area contributed by atoms with E-state index in [2.05, 4.69) is 0 Å². The van der Waals surface area contributed by atoms with Gasteiger partial charge in [-0.3, -0.25) is 4.79 Å². The molecule has 0 N–H and O–H groups in total. The van der Waals surface area contributed by atoms with Crippen LogP contribution in [0.3, 0.4) is 0 Å². The maximum Gasteiger partial charge on any atom is 0.159 e. The van der Waals surface area contributed by atoms with Crippen LogP contribution < -0.4 is 4.74 Å². The quantitative estimate of drug-likeness (QED) is 0.550. The third-order valence-electron chi connectivity index (χ3n) is 2.52. The van der Waals surface area contributed by atoms with Crippen molar-refractivity contribution in [2.75, 3.05) is 6.61 Å². The Bertz CT molecular complexity index is 483. The third kappa shape index (κ3) is 6.46. The Balaban J connectivity index is 2.46. The maximum atomic E-state index is 11.1. The van der Waals surface area contributed by atoms with Crippen molar-refractivity contribution in [3.8, 4) is 5.75 Å². The highest BCUT2D eigenvalue weighted by molar-refractivity contribution is 6.55. The summed E-state index contributed by atoms with van der Waals surface area (Å²) in [5.74, 6) is 0.784. The first-order chi connectivity index (χ1) is 8.99. The number of benzene rings is 1. The number of carbonyl (C=O) groups is 1. The van der Waals surface area contributed by atoms with Crippen molar-refractivity contribution in [3.63, 3.8) is 0 Å². The van der Waals surface area contributed by atoms with Gasteiger partial charge < -0.3 is 4.74 Å². The van der Waals surface area contributed by atoms with Gasteiger partial charge in [0, 0.05) is 5.56 Å². The predicted molar refractivity (Wildman–Crippen MR) is 80.1 cm³/mol. The van der Waals surface area contributed by atoms with Gasteiger partial charge in [0.2, 0.25) is 0 Å². The lowest BCUT2D eigenvalue weighted by Gasteiger charge is -2.04. The second kappa shape index (κ2) is 8.03. The molecule has 102 valence electrons. The summed E-state index contributed by atoms with van der Waals surface area (Å²) in [5, 5.41) is 0. The van der Waals surface area contributed by atoms with Crippen LogP contribution in [-0.2, 0) is 0 Å². The Hall–Kier alpha value is -1.25. The van der Waals surface area contributed by atoms with E-state index in [0.29, 0.717) is 18.6 Å². The van der Waals surface area contributed by atoms with Gasteiger partial charge in [-0.05, 0) is 50.6 Å². The van der Waals surface area contributed by atoms with Gasteiger partial charge in [-0.25, -0.2) is 0 Å². The van der Waals surface area contributed by atoms with Gasteiger partial charge >= 0.3 is 0 Å². The summed E-state index contributed by atoms with van der Waals surface area (Å²) >= 11 is 11.1. The summed E-state index contributed by atoms with van der Waals surface area (Å²) in [4.78, 5) is 11.1. The maximum absolute atomic E-state index is 11.1. The molecule has 0 saturated carbocycles. The summed E-state index contributed by atoms with van der Waals surface area (Å²) < 4.78 is 5.82. The van der Waals surface area contributed by atoms with Crippen molar-refractivity contribution in [1.29, 1.82) is 0 Å². The fourth-order valence-corrected chi connectivity index (χ4v) is 1.54. The summed E-state index contributed by atoms with van der Waals surface area (Å²) in [6, 6.07) is 7.08. The molecular formula is C15H16Cl2O2. The van der Waals surface area contributed by atoms with Crippen LogP contribution in [0.5, 0.6) is 5.75 Å². The van der Waals surface area contributed by atoms with Crippen molar-refractivity contribution in [3.05, 3.63) is 52.0 Å². The van der Waals surface area contributed by atoms with Crippen LogP contribution >= 0.6 is 23.2 Å². The lowest BCUT2D eigenvalue weighted by molar-refractivity contribution is 0.101. The first-order valence-corrected chi connectivity index (χ1v) is 6.65. The molecule has 1 aromatic rings. The van der Waals surface area contributed by atoms with Crippen LogP contribution in [0.1, 0.15) is 30.6 Å². The van der Waals surface area contributed by atoms with E-state index in [1.165, 1.54) is 6.92 Å². The number of hydrogen-bond donors (Lipinski definition) is 0. The average molecular weight is 299 g/mol. The van der Waals surface area contributed by atoms with Crippen molar-refractivity contribution in [1.82, 2.24) is 0 Å². The molecule has 1 rings (SSSR count). The highest BCUT2D eigenvalue weighted by Crippen LogP contribution is 2.14. The minimum Gasteiger partial charge on any atom is -0.490 e. The molecule has 0 atom stereocenters. The summed E-state index contributed by atoms with van der Waals surface area (Å²) in [7, 11) is 0. The van der Waals surface area contributed by atoms with E-state index in [4.69, 9.17) is 27.9 Å². The fourth-order valence-electron chi connectivity index (χ4n) is 1.39. The van der Waals surface area contributed by atoms with E-state index in [0.717, 1.165) is 11.3 Å². The number of carbonyl (C=O) groups excluding carboxylic acids is 1. The molecule has 0 aliphatic rings. The van der Waals surface area contributed by atoms with Gasteiger partial charge in [0.05, 0.1) is 0 Å². The number of allylic oxidation sites excluding steroid dienone is 2. The second-order valence-electron chi connectivity index (χ2n) is 4.14. The predicted octanol–water partition coefficient (Wildman–Crippen LogP) is 4.92. The highest BCUT2D eigenvalue weighted by atomic mass is 35.5. The zero-order chi connectivity index (χ0) is 14.3. The van der Waals surface area contributed by atoms with Crippen molar-refractivity contribution in [2.45, 2.75) is 20.3 Å². The van der Waals surface area contributed by atoms with E-state index >= 15 is 0 Å². The number of rotatable bonds is 6. The first-order valence-electron chi connectivity index (χ1n) is 5.89. The lowest BCUT2D eigenvalue weighted by Crippen LogP contribution is -1.96. The largest absolute Gasteiger partial charge is 0.490 e. The fraction of sp³-hybridized carbons (Fsp3) is 0.267. The van der Waals surface area contributed by atoms with E-state index in [1.54, 1.807) is 30.3 Å². The average Bonchev–Trinajstić information content (AvgIpc) is 2.37. The molecule has 0 unspecified atom stereocenters. The molecule has 0 fully saturated rings. The molecule has 0 heterocycles. The third-order valence-corrected chi connectivity index (χ3v) is 2.83. The van der Waals surface area contributed by atoms with Gasteiger partial charge in [-0.2, -0.15) is 0 Å². The van der Waals surface area contributed by atoms with Crippen LogP contribution in [-0.4, -0.2) is 12.4 Å². The van der Waals surface area contributed by atoms with Crippen LogP contribution in [0.25, 0.3) is 0 Å². The molecule has 0 spiro atoms. The van der Waals surface area contributed by atoms with Crippen LogP contribution in [0.15, 0.2) is 46.5 Å². The molecular weight excluding hydrogens is 283 g/mol. The topological polar surface area (TPSA) is 26.3 Å². The Kier molecular flexibility index (Phi) is 6.68. The number of halogens is 2. The zero-order valence-electron chi connectivity index (χ0n) is 11.0. The monoisotopic (exact) mass is 298 g/mol. The highest BCUT2D eigenvalue weighted by Gasteiger charge is 1.98. The van der Waals surface area contributed by atoms with Crippen LogP contribution in [0.4, 0.5) is 0 Å². The summed E-state index contributed by atoms with van der Waals surface area (Å²) in [6.45, 7) is 3.99. The molecule has 19 heavy (non-hydrogen) atoms. The lowest BCUT2D eigenvalue weighted by atomic mass is 10.1. The van der Waals surface area contributed by atoms with E-state index < -0.39 is 0 Å². The first kappa shape index (κ1) is 15.8. The van der Waals surface area contributed by atoms with E-state index in [-0.39, 0.29) is 10.3 Å². The SMILES string of the molecule is CC(=O)c1ccc(OC/C=C(\C)CC=C(Cl)Cl)cc1. The van der Waals surface area contributed by atoms with Gasteiger partial charge in [0.1, 0.15) is 16.8 Å². The van der Waals surface area contributed by atoms with Crippen molar-refractivity contribution < 1.29 is 9.53 Å². The molecule has 0 bridgehead atoms. The molecule has 4 heteroatoms. The van der Waals surface area contributed by atoms with Gasteiger partial charge in [-0.1, -0.05) is 34.9 Å². The Morgan fingerprint density at radius 1 is 1.16 bits per heavy atom. The molecule has 0 radical (unpaired) electrons. The Labute approximate surface area is 123 Å². The van der Waals surface area contributed by atoms with Gasteiger partial charge in [-0.15, -0.1) is 0 Å². The number of ether oxygens (including phenoxy) is 1. The van der Waals surface area contributed by atoms with Gasteiger partial charge in [0.15, 0.2) is 5.78 Å². The zero-order valence-corrected chi connectivity index (χ0v) is 12.5. The van der Waals surface area contributed by atoms with Crippen LogP contribution in [0.2, 0.25) is 0 Å². The Morgan fingerprint density at radius 2 is 1.79 bits per heavy atom. The van der Waals surface area contributed by atoms with Gasteiger partial charge in [0.25, 0.3) is 0 Å². The standard InChI is InChI=1S/C15H16Cl2O2/c1-11(3-8-15(16)17)9-10-19-14-6-4-13(5-7-14)12(2)18/h4-9H,3,10H2,1-2H3/b11-9+.